The van der Waals surface area contributed by atoms with Gasteiger partial charge in [0.15, 0.2) is 0 Å². The van der Waals surface area contributed by atoms with Gasteiger partial charge < -0.3 is 10.2 Å². The van der Waals surface area contributed by atoms with Crippen molar-refractivity contribution in [3.63, 3.8) is 0 Å². The highest BCUT2D eigenvalue weighted by Gasteiger charge is 2.32. The molecular formula is C24H29F4N3O4S. The fourth-order valence-electron chi connectivity index (χ4n) is 3.71. The fraction of sp³-hybridized carbons (Fsp3) is 0.417. The highest BCUT2D eigenvalue weighted by Crippen LogP contribution is 2.32. The van der Waals surface area contributed by atoms with Crippen LogP contribution in [0.3, 0.4) is 0 Å². The van der Waals surface area contributed by atoms with Crippen molar-refractivity contribution in [2.45, 2.75) is 44.9 Å². The molecule has 2 aromatic rings. The van der Waals surface area contributed by atoms with Gasteiger partial charge in [-0.05, 0) is 48.7 Å². The number of nitrogens with zero attached hydrogens (tertiary/aromatic N) is 2. The van der Waals surface area contributed by atoms with Crippen LogP contribution in [0.25, 0.3) is 0 Å². The monoisotopic (exact) mass is 531 g/mol. The van der Waals surface area contributed by atoms with Crippen LogP contribution in [0.4, 0.5) is 23.2 Å². The number of carbonyl (C=O) groups excluding carboxylic acids is 2. The number of likely N-dealkylation sites (N-methyl/N-ethyl adjacent to an activating group) is 1. The van der Waals surface area contributed by atoms with Crippen molar-refractivity contribution in [2.24, 2.45) is 0 Å². The predicted molar refractivity (Wildman–Crippen MR) is 128 cm³/mol. The average molecular weight is 532 g/mol. The van der Waals surface area contributed by atoms with Crippen LogP contribution in [0.5, 0.6) is 0 Å². The van der Waals surface area contributed by atoms with Gasteiger partial charge in [0.1, 0.15) is 11.9 Å². The van der Waals surface area contributed by atoms with Gasteiger partial charge in [-0.25, -0.2) is 12.8 Å². The number of halogens is 4. The summed E-state index contributed by atoms with van der Waals surface area (Å²) in [5, 5.41) is 2.51. The van der Waals surface area contributed by atoms with Crippen LogP contribution in [-0.4, -0.2) is 51.0 Å². The third kappa shape index (κ3) is 7.94. The van der Waals surface area contributed by atoms with Crippen molar-refractivity contribution in [1.29, 1.82) is 0 Å². The molecular weight excluding hydrogens is 502 g/mol. The van der Waals surface area contributed by atoms with E-state index in [2.05, 4.69) is 5.32 Å². The lowest BCUT2D eigenvalue weighted by atomic mass is 10.1. The Morgan fingerprint density at radius 1 is 1.08 bits per heavy atom. The number of anilines is 1. The van der Waals surface area contributed by atoms with E-state index in [1.54, 1.807) is 6.92 Å². The lowest BCUT2D eigenvalue weighted by molar-refractivity contribution is -0.141. The van der Waals surface area contributed by atoms with Crippen molar-refractivity contribution in [3.05, 3.63) is 65.5 Å². The molecule has 2 rings (SSSR count). The van der Waals surface area contributed by atoms with Crippen LogP contribution >= 0.6 is 0 Å². The van der Waals surface area contributed by atoms with Crippen molar-refractivity contribution in [1.82, 2.24) is 10.2 Å². The van der Waals surface area contributed by atoms with E-state index in [0.29, 0.717) is 12.0 Å². The Labute approximate surface area is 208 Å². The molecule has 0 bridgehead atoms. The van der Waals surface area contributed by atoms with Crippen molar-refractivity contribution < 1.29 is 35.6 Å². The first-order valence-electron chi connectivity index (χ1n) is 11.2. The van der Waals surface area contributed by atoms with Crippen LogP contribution < -0.4 is 9.62 Å². The molecule has 0 fully saturated rings. The quantitative estimate of drug-likeness (QED) is 0.445. The molecule has 1 atom stereocenters. The zero-order valence-corrected chi connectivity index (χ0v) is 21.0. The molecule has 0 aliphatic carbocycles. The molecule has 0 heterocycles. The van der Waals surface area contributed by atoms with E-state index in [1.165, 1.54) is 42.3 Å². The summed E-state index contributed by atoms with van der Waals surface area (Å²) in [5.74, 6) is -1.30. The van der Waals surface area contributed by atoms with Gasteiger partial charge in [-0.3, -0.25) is 13.9 Å². The van der Waals surface area contributed by atoms with E-state index in [0.717, 1.165) is 28.8 Å². The number of hydrogen-bond donors (Lipinski definition) is 1. The Morgan fingerprint density at radius 2 is 1.72 bits per heavy atom. The smallest absolute Gasteiger partial charge is 0.357 e. The Kier molecular flexibility index (Phi) is 9.85. The van der Waals surface area contributed by atoms with Gasteiger partial charge in [-0.1, -0.05) is 25.1 Å². The molecule has 0 radical (unpaired) electrons. The summed E-state index contributed by atoms with van der Waals surface area (Å²) in [5.41, 5.74) is -0.569. The number of benzene rings is 2. The Bertz CT molecular complexity index is 1150. The highest BCUT2D eigenvalue weighted by atomic mass is 32.2. The molecule has 0 saturated heterocycles. The number of nitrogens with one attached hydrogen (secondary N) is 1. The SMILES string of the molecule is CCC(C(=O)NC)N(Cc1ccc(F)cc1)C(=O)CCCN(c1cccc(C(F)(F)F)c1)S(C)(=O)=O. The highest BCUT2D eigenvalue weighted by molar-refractivity contribution is 7.92. The lowest BCUT2D eigenvalue weighted by Crippen LogP contribution is -2.48. The normalized spacial score (nSPS) is 12.6. The number of alkyl halides is 3. The third-order valence-corrected chi connectivity index (χ3v) is 6.71. The van der Waals surface area contributed by atoms with Gasteiger partial charge in [0, 0.05) is 26.6 Å². The second-order valence-electron chi connectivity index (χ2n) is 8.17. The molecule has 0 aromatic heterocycles. The van der Waals surface area contributed by atoms with E-state index < -0.39 is 45.4 Å². The topological polar surface area (TPSA) is 86.8 Å². The first kappa shape index (κ1) is 29.1. The standard InChI is InChI=1S/C24H29F4N3O4S/c1-4-21(23(33)29-2)30(16-17-10-12-19(25)13-11-17)22(32)9-6-14-31(36(3,34)35)20-8-5-7-18(15-20)24(26,27)28/h5,7-8,10-13,15,21H,4,6,9,14,16H2,1-3H3,(H,29,33). The third-order valence-electron chi connectivity index (χ3n) is 5.51. The number of sulfonamides is 1. The summed E-state index contributed by atoms with van der Waals surface area (Å²) in [6.45, 7) is 1.51. The van der Waals surface area contributed by atoms with Gasteiger partial charge >= 0.3 is 6.18 Å². The van der Waals surface area contributed by atoms with Gasteiger partial charge in [0.2, 0.25) is 21.8 Å². The molecule has 2 amide bonds. The summed E-state index contributed by atoms with van der Waals surface area (Å²) < 4.78 is 78.1. The predicted octanol–water partition coefficient (Wildman–Crippen LogP) is 3.94. The number of amides is 2. The van der Waals surface area contributed by atoms with E-state index >= 15 is 0 Å². The molecule has 0 aliphatic rings. The molecule has 0 aliphatic heterocycles. The van der Waals surface area contributed by atoms with Crippen LogP contribution in [0, 0.1) is 5.82 Å². The number of rotatable bonds is 11. The van der Waals surface area contributed by atoms with E-state index in [-0.39, 0.29) is 31.6 Å². The van der Waals surface area contributed by atoms with Crippen LogP contribution in [-0.2, 0) is 32.3 Å². The summed E-state index contributed by atoms with van der Waals surface area (Å²) in [6.07, 6.45) is -3.65. The Balaban J connectivity index is 2.22. The summed E-state index contributed by atoms with van der Waals surface area (Å²) >= 11 is 0. The molecule has 2 aromatic carbocycles. The number of carbonyl (C=O) groups is 2. The summed E-state index contributed by atoms with van der Waals surface area (Å²) in [4.78, 5) is 26.9. The van der Waals surface area contributed by atoms with Gasteiger partial charge in [-0.2, -0.15) is 13.2 Å². The minimum atomic E-state index is -4.65. The maximum atomic E-state index is 13.3. The summed E-state index contributed by atoms with van der Waals surface area (Å²) in [6, 6.07) is 8.57. The van der Waals surface area contributed by atoms with E-state index in [9.17, 15) is 35.6 Å². The first-order chi connectivity index (χ1) is 16.8. The van der Waals surface area contributed by atoms with E-state index in [1.807, 2.05) is 0 Å². The minimum absolute atomic E-state index is 0.00769. The van der Waals surface area contributed by atoms with Gasteiger partial charge in [0.25, 0.3) is 0 Å². The molecule has 7 nitrogen and oxygen atoms in total. The average Bonchev–Trinajstić information content (AvgIpc) is 2.81. The fourth-order valence-corrected chi connectivity index (χ4v) is 4.67. The minimum Gasteiger partial charge on any atom is -0.357 e. The second kappa shape index (κ2) is 12.2. The Morgan fingerprint density at radius 3 is 2.25 bits per heavy atom. The van der Waals surface area contributed by atoms with E-state index in [4.69, 9.17) is 0 Å². The first-order valence-corrected chi connectivity index (χ1v) is 13.0. The van der Waals surface area contributed by atoms with Crippen molar-refractivity contribution >= 4 is 27.5 Å². The lowest BCUT2D eigenvalue weighted by Gasteiger charge is -2.31. The van der Waals surface area contributed by atoms with Crippen molar-refractivity contribution in [3.8, 4) is 0 Å². The van der Waals surface area contributed by atoms with Gasteiger partial charge in [-0.15, -0.1) is 0 Å². The summed E-state index contributed by atoms with van der Waals surface area (Å²) in [7, 11) is -2.51. The largest absolute Gasteiger partial charge is 0.416 e. The zero-order valence-electron chi connectivity index (χ0n) is 20.2. The van der Waals surface area contributed by atoms with Crippen LogP contribution in [0.2, 0.25) is 0 Å². The molecule has 36 heavy (non-hydrogen) atoms. The zero-order chi connectivity index (χ0) is 27.1. The van der Waals surface area contributed by atoms with Crippen molar-refractivity contribution in [2.75, 3.05) is 24.2 Å². The maximum absolute atomic E-state index is 13.3. The van der Waals surface area contributed by atoms with Gasteiger partial charge in [0.05, 0.1) is 17.5 Å². The number of hydrogen-bond acceptors (Lipinski definition) is 4. The van der Waals surface area contributed by atoms with Crippen LogP contribution in [0.15, 0.2) is 48.5 Å². The second-order valence-corrected chi connectivity index (χ2v) is 10.1. The maximum Gasteiger partial charge on any atom is 0.416 e. The molecule has 12 heteroatoms. The van der Waals surface area contributed by atoms with Crippen LogP contribution in [0.1, 0.15) is 37.3 Å². The molecule has 198 valence electrons. The Hall–Kier alpha value is -3.15. The molecule has 0 saturated carbocycles. The molecule has 1 unspecified atom stereocenters. The molecule has 0 spiro atoms. The molecule has 1 N–H and O–H groups in total.